The van der Waals surface area contributed by atoms with Crippen molar-refractivity contribution in [3.05, 3.63) is 47.9 Å². The Morgan fingerprint density at radius 3 is 2.60 bits per heavy atom. The summed E-state index contributed by atoms with van der Waals surface area (Å²) in [5.74, 6) is 1.23. The average Bonchev–Trinajstić information content (AvgIpc) is 2.91. The van der Waals surface area contributed by atoms with Gasteiger partial charge in [0.1, 0.15) is 11.5 Å². The van der Waals surface area contributed by atoms with Gasteiger partial charge in [-0.15, -0.1) is 0 Å². The van der Waals surface area contributed by atoms with Gasteiger partial charge in [0, 0.05) is 7.05 Å². The van der Waals surface area contributed by atoms with E-state index in [9.17, 15) is 8.42 Å². The van der Waals surface area contributed by atoms with Crippen LogP contribution in [-0.2, 0) is 16.6 Å². The Kier molecular flexibility index (Phi) is 4.15. The van der Waals surface area contributed by atoms with Crippen molar-refractivity contribution in [2.24, 2.45) is 0 Å². The molecule has 0 bridgehead atoms. The zero-order valence-corrected chi connectivity index (χ0v) is 12.5. The second-order valence-electron chi connectivity index (χ2n) is 4.47. The number of aryl methyl sites for hydroxylation is 1. The number of sulfonamides is 1. The van der Waals surface area contributed by atoms with Gasteiger partial charge in [0.05, 0.1) is 24.8 Å². The molecule has 2 aromatic rings. The number of methoxy groups -OCH3 is 1. The molecule has 20 heavy (non-hydrogen) atoms. The molecule has 0 saturated heterocycles. The molecule has 1 aromatic heterocycles. The third-order valence-corrected chi connectivity index (χ3v) is 4.99. The zero-order valence-electron chi connectivity index (χ0n) is 11.7. The van der Waals surface area contributed by atoms with Crippen molar-refractivity contribution in [2.75, 3.05) is 14.2 Å². The smallest absolute Gasteiger partial charge is 0.243 e. The maximum absolute atomic E-state index is 12.5. The molecule has 6 heteroatoms. The molecule has 0 atom stereocenters. The van der Waals surface area contributed by atoms with Crippen LogP contribution in [-0.4, -0.2) is 26.9 Å². The summed E-state index contributed by atoms with van der Waals surface area (Å²) < 4.78 is 36.6. The van der Waals surface area contributed by atoms with Crippen LogP contribution in [0.5, 0.6) is 5.75 Å². The Bertz CT molecular complexity index is 677. The summed E-state index contributed by atoms with van der Waals surface area (Å²) in [6.45, 7) is 1.94. The Labute approximate surface area is 118 Å². The van der Waals surface area contributed by atoms with E-state index in [4.69, 9.17) is 9.15 Å². The zero-order chi connectivity index (χ0) is 14.8. The van der Waals surface area contributed by atoms with Gasteiger partial charge in [0.2, 0.25) is 10.0 Å². The molecule has 0 aliphatic heterocycles. The first-order valence-electron chi connectivity index (χ1n) is 6.08. The Balaban J connectivity index is 2.30. The molecule has 0 N–H and O–H groups in total. The Morgan fingerprint density at radius 2 is 2.05 bits per heavy atom. The van der Waals surface area contributed by atoms with Crippen LogP contribution in [0.15, 0.2) is 45.9 Å². The largest absolute Gasteiger partial charge is 0.497 e. The molecular weight excluding hydrogens is 278 g/mol. The predicted molar refractivity (Wildman–Crippen MR) is 75.1 cm³/mol. The van der Waals surface area contributed by atoms with Gasteiger partial charge in [0.25, 0.3) is 0 Å². The highest BCUT2D eigenvalue weighted by Crippen LogP contribution is 2.24. The van der Waals surface area contributed by atoms with E-state index in [0.29, 0.717) is 17.1 Å². The summed E-state index contributed by atoms with van der Waals surface area (Å²) in [5.41, 5.74) is 0.649. The fourth-order valence-electron chi connectivity index (χ4n) is 1.91. The van der Waals surface area contributed by atoms with Crippen LogP contribution in [0.4, 0.5) is 0 Å². The van der Waals surface area contributed by atoms with Gasteiger partial charge in [-0.2, -0.15) is 4.31 Å². The number of hydrogen-bond donors (Lipinski definition) is 0. The molecule has 0 radical (unpaired) electrons. The molecule has 108 valence electrons. The van der Waals surface area contributed by atoms with Crippen molar-refractivity contribution in [2.45, 2.75) is 18.4 Å². The number of benzene rings is 1. The monoisotopic (exact) mass is 295 g/mol. The lowest BCUT2D eigenvalue weighted by Gasteiger charge is -2.17. The van der Waals surface area contributed by atoms with Crippen LogP contribution in [0, 0.1) is 6.92 Å². The van der Waals surface area contributed by atoms with Crippen LogP contribution < -0.4 is 4.74 Å². The summed E-state index contributed by atoms with van der Waals surface area (Å²) in [7, 11) is -0.476. The molecule has 2 rings (SSSR count). The van der Waals surface area contributed by atoms with E-state index in [1.165, 1.54) is 17.6 Å². The first kappa shape index (κ1) is 14.6. The number of furan rings is 1. The molecule has 0 spiro atoms. The summed E-state index contributed by atoms with van der Waals surface area (Å²) in [4.78, 5) is 0.271. The molecule has 0 saturated carbocycles. The van der Waals surface area contributed by atoms with E-state index >= 15 is 0 Å². The quantitative estimate of drug-likeness (QED) is 0.850. The van der Waals surface area contributed by atoms with Gasteiger partial charge in [0.15, 0.2) is 0 Å². The average molecular weight is 295 g/mol. The van der Waals surface area contributed by atoms with Gasteiger partial charge >= 0.3 is 0 Å². The minimum atomic E-state index is -3.55. The van der Waals surface area contributed by atoms with Gasteiger partial charge < -0.3 is 9.15 Å². The molecule has 0 aliphatic carbocycles. The van der Waals surface area contributed by atoms with Crippen molar-refractivity contribution in [1.29, 1.82) is 0 Å². The molecule has 5 nitrogen and oxygen atoms in total. The Morgan fingerprint density at radius 1 is 1.30 bits per heavy atom. The maximum atomic E-state index is 12.5. The van der Waals surface area contributed by atoms with Crippen molar-refractivity contribution in [3.8, 4) is 5.75 Å². The molecular formula is C14H17NO4S. The summed E-state index contributed by atoms with van der Waals surface area (Å²) in [6.07, 6.45) is 1.52. The first-order chi connectivity index (χ1) is 9.45. The lowest BCUT2D eigenvalue weighted by Crippen LogP contribution is -2.26. The first-order valence-corrected chi connectivity index (χ1v) is 7.52. The fraction of sp³-hybridized carbons (Fsp3) is 0.286. The molecule has 0 amide bonds. The SMILES string of the molecule is COc1ccc(S(=O)(=O)N(C)Cc2ccco2)c(C)c1. The van der Waals surface area contributed by atoms with E-state index in [-0.39, 0.29) is 11.4 Å². The summed E-state index contributed by atoms with van der Waals surface area (Å²) in [5, 5.41) is 0. The second-order valence-corrected chi connectivity index (χ2v) is 6.49. The summed E-state index contributed by atoms with van der Waals surface area (Å²) in [6, 6.07) is 8.37. The molecule has 0 fully saturated rings. The van der Waals surface area contributed by atoms with E-state index in [1.807, 2.05) is 0 Å². The van der Waals surface area contributed by atoms with Gasteiger partial charge in [-0.3, -0.25) is 0 Å². The van der Waals surface area contributed by atoms with E-state index in [2.05, 4.69) is 0 Å². The molecule has 0 aliphatic rings. The van der Waals surface area contributed by atoms with Crippen molar-refractivity contribution in [1.82, 2.24) is 4.31 Å². The van der Waals surface area contributed by atoms with Gasteiger partial charge in [-0.25, -0.2) is 8.42 Å². The van der Waals surface area contributed by atoms with Crippen LogP contribution in [0.3, 0.4) is 0 Å². The normalized spacial score (nSPS) is 11.8. The predicted octanol–water partition coefficient (Wildman–Crippen LogP) is 2.42. The standard InChI is InChI=1S/C14H17NO4S/c1-11-9-12(18-3)6-7-14(11)20(16,17)15(2)10-13-5-4-8-19-13/h4-9H,10H2,1-3H3. The molecule has 1 aromatic carbocycles. The van der Waals surface area contributed by atoms with E-state index in [1.54, 1.807) is 44.4 Å². The number of hydrogen-bond acceptors (Lipinski definition) is 4. The van der Waals surface area contributed by atoms with Crippen LogP contribution >= 0.6 is 0 Å². The highest BCUT2D eigenvalue weighted by Gasteiger charge is 2.23. The van der Waals surface area contributed by atoms with E-state index < -0.39 is 10.0 Å². The number of nitrogens with zero attached hydrogens (tertiary/aromatic N) is 1. The second kappa shape index (κ2) is 5.68. The van der Waals surface area contributed by atoms with Crippen molar-refractivity contribution in [3.63, 3.8) is 0 Å². The van der Waals surface area contributed by atoms with Gasteiger partial charge in [-0.1, -0.05) is 0 Å². The number of ether oxygens (including phenoxy) is 1. The maximum Gasteiger partial charge on any atom is 0.243 e. The third kappa shape index (κ3) is 2.86. The van der Waals surface area contributed by atoms with Gasteiger partial charge in [-0.05, 0) is 42.8 Å². The topological polar surface area (TPSA) is 59.8 Å². The van der Waals surface area contributed by atoms with Crippen LogP contribution in [0.2, 0.25) is 0 Å². The Hall–Kier alpha value is -1.79. The van der Waals surface area contributed by atoms with Crippen molar-refractivity contribution < 1.29 is 17.6 Å². The highest BCUT2D eigenvalue weighted by molar-refractivity contribution is 7.89. The fourth-order valence-corrected chi connectivity index (χ4v) is 3.25. The highest BCUT2D eigenvalue weighted by atomic mass is 32.2. The van der Waals surface area contributed by atoms with Crippen LogP contribution in [0.25, 0.3) is 0 Å². The lowest BCUT2D eigenvalue weighted by molar-refractivity contribution is 0.405. The minimum absolute atomic E-state index is 0.195. The lowest BCUT2D eigenvalue weighted by atomic mass is 10.2. The van der Waals surface area contributed by atoms with Crippen molar-refractivity contribution >= 4 is 10.0 Å². The third-order valence-electron chi connectivity index (χ3n) is 3.03. The van der Waals surface area contributed by atoms with Crippen LogP contribution in [0.1, 0.15) is 11.3 Å². The minimum Gasteiger partial charge on any atom is -0.497 e. The number of rotatable bonds is 5. The summed E-state index contributed by atoms with van der Waals surface area (Å²) >= 11 is 0. The molecule has 1 heterocycles. The van der Waals surface area contributed by atoms with E-state index in [0.717, 1.165) is 0 Å². The molecule has 0 unspecified atom stereocenters.